The molecule has 0 bridgehead atoms. The van der Waals surface area contributed by atoms with Crippen LogP contribution in [-0.2, 0) is 13.1 Å². The van der Waals surface area contributed by atoms with Gasteiger partial charge in [0.05, 0.1) is 12.0 Å². The van der Waals surface area contributed by atoms with Crippen molar-refractivity contribution in [3.8, 4) is 0 Å². The lowest BCUT2D eigenvalue weighted by atomic mass is 9.98. The van der Waals surface area contributed by atoms with Gasteiger partial charge in [-0.2, -0.15) is 0 Å². The Bertz CT molecular complexity index is 302. The summed E-state index contributed by atoms with van der Waals surface area (Å²) in [4.78, 5) is 4.24. The third-order valence-corrected chi connectivity index (χ3v) is 3.11. The van der Waals surface area contributed by atoms with Gasteiger partial charge in [-0.1, -0.05) is 34.6 Å². The summed E-state index contributed by atoms with van der Waals surface area (Å²) < 4.78 is 2.26. The van der Waals surface area contributed by atoms with Crippen LogP contribution < -0.4 is 5.32 Å². The Kier molecular flexibility index (Phi) is 5.00. The molecule has 0 saturated carbocycles. The molecule has 92 valence electrons. The van der Waals surface area contributed by atoms with Gasteiger partial charge in [-0.15, -0.1) is 0 Å². The topological polar surface area (TPSA) is 29.9 Å². The summed E-state index contributed by atoms with van der Waals surface area (Å²) in [5.41, 5.74) is 1.28. The minimum absolute atomic E-state index is 0.519. The second-order valence-corrected chi connectivity index (χ2v) is 5.29. The van der Waals surface area contributed by atoms with Crippen molar-refractivity contribution in [1.82, 2.24) is 14.9 Å². The number of nitrogens with zero attached hydrogens (tertiary/aromatic N) is 2. The van der Waals surface area contributed by atoms with E-state index >= 15 is 0 Å². The number of rotatable bonds is 6. The molecule has 0 aliphatic rings. The van der Waals surface area contributed by atoms with Crippen molar-refractivity contribution in [2.24, 2.45) is 11.8 Å². The van der Waals surface area contributed by atoms with Gasteiger partial charge in [0.25, 0.3) is 0 Å². The molecule has 1 unspecified atom stereocenters. The van der Waals surface area contributed by atoms with Crippen LogP contribution in [0.5, 0.6) is 0 Å². The number of aromatic nitrogens is 2. The van der Waals surface area contributed by atoms with E-state index in [1.165, 1.54) is 5.69 Å². The normalized spacial score (nSPS) is 13.7. The molecule has 0 spiro atoms. The number of imidazole rings is 1. The van der Waals surface area contributed by atoms with E-state index in [9.17, 15) is 0 Å². The van der Waals surface area contributed by atoms with E-state index < -0.39 is 0 Å². The van der Waals surface area contributed by atoms with Crippen LogP contribution in [0.3, 0.4) is 0 Å². The van der Waals surface area contributed by atoms with Gasteiger partial charge in [0, 0.05) is 25.3 Å². The minimum atomic E-state index is 0.519. The number of nitrogens with one attached hydrogen (secondary N) is 1. The molecular weight excluding hydrogens is 198 g/mol. The van der Waals surface area contributed by atoms with Crippen molar-refractivity contribution in [3.05, 3.63) is 18.2 Å². The molecule has 0 saturated heterocycles. The van der Waals surface area contributed by atoms with Gasteiger partial charge in [0.1, 0.15) is 0 Å². The van der Waals surface area contributed by atoms with Crippen molar-refractivity contribution >= 4 is 0 Å². The Morgan fingerprint density at radius 1 is 1.25 bits per heavy atom. The SMILES string of the molecule is CC(C)NCc1cncn1CC(C)C(C)C. The van der Waals surface area contributed by atoms with Crippen LogP contribution in [0.1, 0.15) is 40.3 Å². The molecule has 0 aliphatic heterocycles. The molecule has 0 aliphatic carbocycles. The highest BCUT2D eigenvalue weighted by Crippen LogP contribution is 2.13. The predicted molar refractivity (Wildman–Crippen MR) is 68.2 cm³/mol. The van der Waals surface area contributed by atoms with Crippen LogP contribution >= 0.6 is 0 Å². The molecule has 1 N–H and O–H groups in total. The Hall–Kier alpha value is -0.830. The molecule has 1 aromatic heterocycles. The average molecular weight is 223 g/mol. The summed E-state index contributed by atoms with van der Waals surface area (Å²) in [5.74, 6) is 1.40. The van der Waals surface area contributed by atoms with Crippen molar-refractivity contribution in [2.75, 3.05) is 0 Å². The molecular formula is C13H25N3. The first-order valence-corrected chi connectivity index (χ1v) is 6.23. The third kappa shape index (κ3) is 3.97. The Balaban J connectivity index is 2.56. The summed E-state index contributed by atoms with van der Waals surface area (Å²) in [5, 5.41) is 3.43. The first-order valence-electron chi connectivity index (χ1n) is 6.23. The van der Waals surface area contributed by atoms with Crippen molar-refractivity contribution in [1.29, 1.82) is 0 Å². The molecule has 0 fully saturated rings. The smallest absolute Gasteiger partial charge is 0.0948 e. The van der Waals surface area contributed by atoms with Crippen molar-refractivity contribution in [2.45, 2.75) is 53.8 Å². The second-order valence-electron chi connectivity index (χ2n) is 5.29. The van der Waals surface area contributed by atoms with E-state index in [2.05, 4.69) is 49.5 Å². The van der Waals surface area contributed by atoms with Crippen LogP contribution in [0.2, 0.25) is 0 Å². The quantitative estimate of drug-likeness (QED) is 0.803. The summed E-state index contributed by atoms with van der Waals surface area (Å²) in [6, 6.07) is 0.519. The third-order valence-electron chi connectivity index (χ3n) is 3.11. The second kappa shape index (κ2) is 6.04. The van der Waals surface area contributed by atoms with Crippen LogP contribution in [0.4, 0.5) is 0 Å². The molecule has 1 heterocycles. The Morgan fingerprint density at radius 2 is 1.94 bits per heavy atom. The summed E-state index contributed by atoms with van der Waals surface area (Å²) in [6.07, 6.45) is 3.90. The van der Waals surface area contributed by atoms with Crippen LogP contribution in [0.25, 0.3) is 0 Å². The number of hydrogen-bond acceptors (Lipinski definition) is 2. The maximum atomic E-state index is 4.24. The first-order chi connectivity index (χ1) is 7.50. The van der Waals surface area contributed by atoms with Gasteiger partial charge in [0.15, 0.2) is 0 Å². The zero-order chi connectivity index (χ0) is 12.1. The average Bonchev–Trinajstić information content (AvgIpc) is 2.62. The van der Waals surface area contributed by atoms with E-state index in [4.69, 9.17) is 0 Å². The monoisotopic (exact) mass is 223 g/mol. The van der Waals surface area contributed by atoms with Crippen molar-refractivity contribution in [3.63, 3.8) is 0 Å². The van der Waals surface area contributed by atoms with E-state index in [1.807, 2.05) is 12.5 Å². The zero-order valence-corrected chi connectivity index (χ0v) is 11.2. The Morgan fingerprint density at radius 3 is 2.50 bits per heavy atom. The highest BCUT2D eigenvalue weighted by atomic mass is 15.1. The van der Waals surface area contributed by atoms with Gasteiger partial charge in [0.2, 0.25) is 0 Å². The van der Waals surface area contributed by atoms with Gasteiger partial charge in [-0.05, 0) is 11.8 Å². The van der Waals surface area contributed by atoms with Crippen LogP contribution in [-0.4, -0.2) is 15.6 Å². The van der Waals surface area contributed by atoms with E-state index in [-0.39, 0.29) is 0 Å². The van der Waals surface area contributed by atoms with E-state index in [0.717, 1.165) is 13.1 Å². The molecule has 0 amide bonds. The van der Waals surface area contributed by atoms with E-state index in [0.29, 0.717) is 17.9 Å². The molecule has 1 atom stereocenters. The van der Waals surface area contributed by atoms with Crippen molar-refractivity contribution < 1.29 is 0 Å². The largest absolute Gasteiger partial charge is 0.333 e. The molecule has 3 nitrogen and oxygen atoms in total. The van der Waals surface area contributed by atoms with Crippen LogP contribution in [0, 0.1) is 11.8 Å². The summed E-state index contributed by atoms with van der Waals surface area (Å²) in [7, 11) is 0. The summed E-state index contributed by atoms with van der Waals surface area (Å²) in [6.45, 7) is 13.1. The molecule has 1 aromatic rings. The highest BCUT2D eigenvalue weighted by molar-refractivity contribution is 4.98. The van der Waals surface area contributed by atoms with Crippen LogP contribution in [0.15, 0.2) is 12.5 Å². The summed E-state index contributed by atoms with van der Waals surface area (Å²) >= 11 is 0. The zero-order valence-electron chi connectivity index (χ0n) is 11.2. The first kappa shape index (κ1) is 13.2. The highest BCUT2D eigenvalue weighted by Gasteiger charge is 2.10. The maximum Gasteiger partial charge on any atom is 0.0948 e. The minimum Gasteiger partial charge on any atom is -0.333 e. The molecule has 3 heteroatoms. The lowest BCUT2D eigenvalue weighted by Gasteiger charge is -2.18. The fourth-order valence-corrected chi connectivity index (χ4v) is 1.49. The maximum absolute atomic E-state index is 4.24. The fraction of sp³-hybridized carbons (Fsp3) is 0.769. The fourth-order valence-electron chi connectivity index (χ4n) is 1.49. The Labute approximate surface area is 99.3 Å². The lowest BCUT2D eigenvalue weighted by molar-refractivity contribution is 0.358. The van der Waals surface area contributed by atoms with E-state index in [1.54, 1.807) is 0 Å². The molecule has 16 heavy (non-hydrogen) atoms. The lowest BCUT2D eigenvalue weighted by Crippen LogP contribution is -2.24. The van der Waals surface area contributed by atoms with Gasteiger partial charge in [-0.25, -0.2) is 4.98 Å². The molecule has 0 aromatic carbocycles. The predicted octanol–water partition coefficient (Wildman–Crippen LogP) is 2.67. The number of hydrogen-bond donors (Lipinski definition) is 1. The molecule has 0 radical (unpaired) electrons. The molecule has 1 rings (SSSR count). The van der Waals surface area contributed by atoms with Gasteiger partial charge < -0.3 is 9.88 Å². The van der Waals surface area contributed by atoms with Gasteiger partial charge in [-0.3, -0.25) is 0 Å². The standard InChI is InChI=1S/C13H25N3/c1-10(2)12(5)8-16-9-14-6-13(16)7-15-11(3)4/h6,9-12,15H,7-8H2,1-5H3. The van der Waals surface area contributed by atoms with Gasteiger partial charge >= 0.3 is 0 Å².